The first kappa shape index (κ1) is 215. The molecule has 34 heteroatoms. The van der Waals surface area contributed by atoms with Gasteiger partial charge in [-0.15, -0.1) is 0 Å². The Labute approximate surface area is 544 Å². The summed E-state index contributed by atoms with van der Waals surface area (Å²) in [6.45, 7) is 4.42. The zero-order valence-electron chi connectivity index (χ0n) is 47.1. The molecular formula is C41H92BN15O12W6-24. The summed E-state index contributed by atoms with van der Waals surface area (Å²) >= 11 is 0. The van der Waals surface area contributed by atoms with Crippen LogP contribution in [0.15, 0.2) is 43.2 Å². The van der Waals surface area contributed by atoms with Crippen LogP contribution in [0.3, 0.4) is 0 Å². The van der Waals surface area contributed by atoms with E-state index in [0.717, 1.165) is 0 Å². The monoisotopic (exact) mass is 2100 g/mol. The van der Waals surface area contributed by atoms with Crippen molar-refractivity contribution in [2.24, 2.45) is 0 Å². The molecule has 2 saturated carbocycles. The Bertz CT molecular complexity index is 628. The summed E-state index contributed by atoms with van der Waals surface area (Å²) in [5.41, 5.74) is 69.0. The van der Waals surface area contributed by atoms with Gasteiger partial charge in [0.15, 0.2) is 0 Å². The van der Waals surface area contributed by atoms with Crippen molar-refractivity contribution in [3.63, 3.8) is 0 Å². The van der Waals surface area contributed by atoms with Crippen LogP contribution in [-0.4, -0.2) is 22.2 Å². The van der Waals surface area contributed by atoms with Gasteiger partial charge < -0.3 is 225 Å². The summed E-state index contributed by atoms with van der Waals surface area (Å²) in [6, 6.07) is 3.89. The predicted molar refractivity (Wildman–Crippen MR) is 308 cm³/mol. The van der Waals surface area contributed by atoms with Gasteiger partial charge in [0.2, 0.25) is 0 Å². The maximum absolute atomic E-state index is 7.25. The summed E-state index contributed by atoms with van der Waals surface area (Å²) in [6.07, 6.45) is 38.4. The Balaban J connectivity index is -0.00000000949. The maximum Gasteiger partial charge on any atom is 0.120 e. The Morgan fingerprint density at radius 2 is 0.507 bits per heavy atom. The second-order valence-electron chi connectivity index (χ2n) is 9.36. The van der Waals surface area contributed by atoms with Gasteiger partial charge in [0.1, 0.15) is 7.28 Å². The van der Waals surface area contributed by atoms with Crippen LogP contribution in [0.4, 0.5) is 0 Å². The smallest absolute Gasteiger partial charge is 0.120 e. The SMILES string of the molecule is B1CCCCC1.C1CCCC1.C1CCCCCC1.CCCCC.[CH3-].[CH3-].[CH3-].[CH3-].[CH3-].[CH3-].[CH3-].[CH3-].[CH3-].[CH3-].[CH3-].[CH3-].[N-]=O.[N-]=O.[N-]=O.[N-]=O.[N-]=O.[N-]=O.[N-]=O.[N-]=O.[N-]=O.[N-]=O.[N-]=O.[N-]=O.[W].[W].[W].[W].[W].[W].c1c[nH]cn1.c1cc[nH]c1. The van der Waals surface area contributed by atoms with E-state index in [1.165, 1.54) is 135 Å². The van der Waals surface area contributed by atoms with Crippen LogP contribution in [-0.2, 0) is 126 Å². The number of nitrogens with one attached hydrogen (secondary N) is 2. The van der Waals surface area contributed by atoms with Crippen molar-refractivity contribution in [2.45, 2.75) is 142 Å². The molecule has 2 aliphatic carbocycles. The van der Waals surface area contributed by atoms with Crippen molar-refractivity contribution in [2.75, 3.05) is 0 Å². The summed E-state index contributed by atoms with van der Waals surface area (Å²) in [5.74, 6) is 0. The van der Waals surface area contributed by atoms with Gasteiger partial charge in [-0.3, -0.25) is 0 Å². The van der Waals surface area contributed by atoms with Crippen molar-refractivity contribution in [1.82, 2.24) is 15.0 Å². The minimum atomic E-state index is 0. The van der Waals surface area contributed by atoms with Gasteiger partial charge in [0.05, 0.1) is 6.33 Å². The topological polar surface area (TPSA) is 517 Å². The summed E-state index contributed by atoms with van der Waals surface area (Å²) in [7, 11) is 1.50. The largest absolute Gasteiger partial charge is 0.577 e. The molecule has 0 spiro atoms. The molecule has 466 valence electrons. The third-order valence-corrected chi connectivity index (χ3v) is 6.11. The quantitative estimate of drug-likeness (QED) is 0.161. The molecule has 0 aromatic carbocycles. The van der Waals surface area contributed by atoms with Gasteiger partial charge in [0, 0.05) is 151 Å². The minimum absolute atomic E-state index is 0. The van der Waals surface area contributed by atoms with Gasteiger partial charge in [-0.25, -0.2) is 4.98 Å². The summed E-state index contributed by atoms with van der Waals surface area (Å²) in [5, 5.41) is 0. The first-order chi connectivity index (χ1) is 28.4. The fourth-order valence-electron chi connectivity index (χ4n) is 4.03. The van der Waals surface area contributed by atoms with Crippen molar-refractivity contribution < 1.29 is 126 Å². The molecule has 2 aromatic rings. The standard InChI is InChI=1S/C7H14.C5H11B.C5H10.C5H12.C4H5N.C3H4N2.12CH3.12NO.6W/c1-2-4-6-7-5-3-1;1-2-4-6-5-3-1;1-2-4-5-3-1;1-3-5-4-2;1-2-4-5-3-1;1-2-5-3-4-1;;;;;;;;;;;;;12*1-2;;;;;;/h1-7H2;6H,1-5H2;1-5H2;3-5H2,1-2H3;1-5H;1-3H,(H,4,5);12*1H3;;;;;;;;;;;;;;;;;;/q;;;;;;24*-1;;;;;;. The van der Waals surface area contributed by atoms with E-state index in [2.05, 4.69) is 28.8 Å². The molecule has 0 unspecified atom stereocenters. The molecule has 0 bridgehead atoms. The number of aromatic nitrogens is 3. The van der Waals surface area contributed by atoms with Crippen LogP contribution >= 0.6 is 0 Å². The predicted octanol–water partition coefficient (Wildman–Crippen LogP) is 19.0. The van der Waals surface area contributed by atoms with Crippen molar-refractivity contribution in [3.8, 4) is 0 Å². The fourth-order valence-corrected chi connectivity index (χ4v) is 4.03. The van der Waals surface area contributed by atoms with Crippen LogP contribution in [0.2, 0.25) is 12.6 Å². The van der Waals surface area contributed by atoms with Crippen molar-refractivity contribution in [1.29, 1.82) is 0 Å². The Hall–Kier alpha value is -2.12. The zero-order chi connectivity index (χ0) is 47.9. The molecule has 3 fully saturated rings. The Morgan fingerprint density at radius 3 is 0.560 bits per heavy atom. The van der Waals surface area contributed by atoms with Gasteiger partial charge in [-0.05, 0) is 12.1 Å². The number of aromatic amines is 2. The van der Waals surface area contributed by atoms with Crippen LogP contribution in [0.25, 0.3) is 67.1 Å². The van der Waals surface area contributed by atoms with E-state index >= 15 is 0 Å². The maximum atomic E-state index is 7.25. The number of unbranched alkanes of at least 4 members (excludes halogenated alkanes) is 2. The second kappa shape index (κ2) is 433. The molecule has 75 heavy (non-hydrogen) atoms. The summed E-state index contributed by atoms with van der Waals surface area (Å²) in [4.78, 5) is 96.3. The first-order valence-electron chi connectivity index (χ1n) is 16.6. The molecule has 0 radical (unpaired) electrons. The molecule has 27 nitrogen and oxygen atoms in total. The van der Waals surface area contributed by atoms with Crippen LogP contribution in [0, 0.1) is 148 Å². The molecule has 5 rings (SSSR count). The second-order valence-corrected chi connectivity index (χ2v) is 9.36. The molecule has 0 amide bonds. The molecule has 1 aliphatic heterocycles. The van der Waals surface area contributed by atoms with E-state index in [-0.39, 0.29) is 216 Å². The van der Waals surface area contributed by atoms with Crippen LogP contribution in [0.5, 0.6) is 0 Å². The molecule has 0 atom stereocenters. The average Bonchev–Trinajstić information content (AvgIpc) is 4.22. The normalized spacial score (nSPS) is 7.92. The van der Waals surface area contributed by atoms with Crippen LogP contribution < -0.4 is 0 Å². The van der Waals surface area contributed by atoms with E-state index < -0.39 is 0 Å². The molecule has 1 saturated heterocycles. The number of imidazole rings is 1. The van der Waals surface area contributed by atoms with E-state index in [9.17, 15) is 0 Å². The zero-order valence-corrected chi connectivity index (χ0v) is 64.7. The fraction of sp³-hybridized carbons (Fsp3) is 0.537. The van der Waals surface area contributed by atoms with Crippen molar-refractivity contribution in [3.05, 3.63) is 258 Å². The van der Waals surface area contributed by atoms with Gasteiger partial charge in [-0.2, -0.15) is 0 Å². The Kier molecular flexibility index (Phi) is 1240. The van der Waals surface area contributed by atoms with Crippen molar-refractivity contribution >= 4 is 7.28 Å². The number of rotatable bonds is 2. The number of hydrogen-bond acceptors (Lipinski definition) is 13. The third-order valence-electron chi connectivity index (χ3n) is 6.11. The molecule has 2 aromatic heterocycles. The Morgan fingerprint density at radius 1 is 0.320 bits per heavy atom. The number of nitroso groups, excluding NO2 is 12. The van der Waals surface area contributed by atoms with E-state index in [0.29, 0.717) is 0 Å². The van der Waals surface area contributed by atoms with Crippen LogP contribution in [0.1, 0.15) is 129 Å². The number of nitrogens with zero attached hydrogens (tertiary/aromatic N) is 13. The van der Waals surface area contributed by atoms with Gasteiger partial charge in [-0.1, -0.05) is 142 Å². The summed E-state index contributed by atoms with van der Waals surface area (Å²) < 4.78 is 0. The minimum Gasteiger partial charge on any atom is -0.577 e. The number of hydrogen-bond donors (Lipinski definition) is 2. The average molecular weight is 2100 g/mol. The van der Waals surface area contributed by atoms with E-state index in [4.69, 9.17) is 126 Å². The molecule has 3 heterocycles. The molecular weight excluding hydrogens is 2010 g/mol. The van der Waals surface area contributed by atoms with E-state index in [1.807, 2.05) is 24.5 Å². The number of H-pyrrole nitrogens is 2. The first-order valence-corrected chi connectivity index (χ1v) is 16.6. The molecule has 3 aliphatic rings. The van der Waals surface area contributed by atoms with Gasteiger partial charge >= 0.3 is 0 Å². The molecule has 2 N–H and O–H groups in total. The van der Waals surface area contributed by atoms with Gasteiger partial charge in [0.25, 0.3) is 0 Å². The third kappa shape index (κ3) is 452. The van der Waals surface area contributed by atoms with E-state index in [1.54, 1.807) is 18.7 Å².